The Labute approximate surface area is 155 Å². The number of benzene rings is 1. The van der Waals surface area contributed by atoms with Gasteiger partial charge in [0.2, 0.25) is 0 Å². The molecule has 0 unspecified atom stereocenters. The number of urea groups is 1. The molecule has 10 nitrogen and oxygen atoms in total. The van der Waals surface area contributed by atoms with Crippen LogP contribution >= 0.6 is 0 Å². The third kappa shape index (κ3) is 9.10. The predicted molar refractivity (Wildman–Crippen MR) is 95.2 cm³/mol. The van der Waals surface area contributed by atoms with E-state index >= 15 is 0 Å². The number of rotatable bonds is 11. The standard InChI is InChI=1S/C17H23N3O7/c18-11-3-1-10(2-4-11)9-12(5-7-14(21)22)19-17(27)20-13(16(25)26)6-8-15(23)24/h1-4,12-13H,5-9,18H2,(H,21,22)(H,23,24)(H,25,26)(H2,19,20,27)/t12-,13-/m0/s1. The van der Waals surface area contributed by atoms with E-state index < -0.39 is 42.4 Å². The number of nitrogens with two attached hydrogens (primary N) is 1. The average molecular weight is 381 g/mol. The fourth-order valence-corrected chi connectivity index (χ4v) is 2.37. The smallest absolute Gasteiger partial charge is 0.326 e. The summed E-state index contributed by atoms with van der Waals surface area (Å²) < 4.78 is 0. The maximum absolute atomic E-state index is 12.1. The van der Waals surface area contributed by atoms with Crippen LogP contribution in [0.1, 0.15) is 31.2 Å². The summed E-state index contributed by atoms with van der Waals surface area (Å²) in [4.78, 5) is 44.7. The minimum Gasteiger partial charge on any atom is -0.481 e. The molecule has 0 heterocycles. The van der Waals surface area contributed by atoms with E-state index in [1.54, 1.807) is 24.3 Å². The van der Waals surface area contributed by atoms with Crippen LogP contribution < -0.4 is 16.4 Å². The summed E-state index contributed by atoms with van der Waals surface area (Å²) in [6, 6.07) is 4.12. The molecule has 0 aliphatic heterocycles. The van der Waals surface area contributed by atoms with Crippen molar-refractivity contribution in [3.8, 4) is 0 Å². The lowest BCUT2D eigenvalue weighted by Gasteiger charge is -2.21. The lowest BCUT2D eigenvalue weighted by atomic mass is 10.0. The number of nitrogens with one attached hydrogen (secondary N) is 2. The summed E-state index contributed by atoms with van der Waals surface area (Å²) in [7, 11) is 0. The first-order valence-corrected chi connectivity index (χ1v) is 8.25. The SMILES string of the molecule is Nc1ccc(C[C@H](CCC(=O)O)NC(=O)N[C@@H](CCC(=O)O)C(=O)O)cc1. The second-order valence-corrected chi connectivity index (χ2v) is 6.02. The Balaban J connectivity index is 2.72. The zero-order valence-electron chi connectivity index (χ0n) is 14.6. The topological polar surface area (TPSA) is 179 Å². The monoisotopic (exact) mass is 381 g/mol. The van der Waals surface area contributed by atoms with Crippen LogP contribution in [0.2, 0.25) is 0 Å². The van der Waals surface area contributed by atoms with Gasteiger partial charge in [-0.2, -0.15) is 0 Å². The van der Waals surface area contributed by atoms with Crippen LogP contribution in [0.4, 0.5) is 10.5 Å². The summed E-state index contributed by atoms with van der Waals surface area (Å²) >= 11 is 0. The molecule has 0 aliphatic carbocycles. The number of carbonyl (C=O) groups excluding carboxylic acids is 1. The summed E-state index contributed by atoms with van der Waals surface area (Å²) in [5, 5.41) is 31.3. The largest absolute Gasteiger partial charge is 0.481 e. The van der Waals surface area contributed by atoms with Crippen molar-refractivity contribution in [2.75, 3.05) is 5.73 Å². The molecule has 0 fully saturated rings. The van der Waals surface area contributed by atoms with Gasteiger partial charge in [0.1, 0.15) is 6.04 Å². The Morgan fingerprint density at radius 1 is 0.889 bits per heavy atom. The highest BCUT2D eigenvalue weighted by Gasteiger charge is 2.22. The van der Waals surface area contributed by atoms with E-state index in [0.29, 0.717) is 12.1 Å². The van der Waals surface area contributed by atoms with Gasteiger partial charge >= 0.3 is 23.9 Å². The van der Waals surface area contributed by atoms with Crippen LogP contribution in [0, 0.1) is 0 Å². The minimum absolute atomic E-state index is 0.139. The van der Waals surface area contributed by atoms with Crippen LogP contribution in [0.5, 0.6) is 0 Å². The molecule has 2 atom stereocenters. The number of hydrogen-bond acceptors (Lipinski definition) is 5. The van der Waals surface area contributed by atoms with E-state index in [9.17, 15) is 19.2 Å². The first kappa shape index (κ1) is 21.7. The van der Waals surface area contributed by atoms with E-state index in [-0.39, 0.29) is 19.3 Å². The Kier molecular flexibility index (Phi) is 8.57. The number of anilines is 1. The van der Waals surface area contributed by atoms with Gasteiger partial charge in [0, 0.05) is 24.6 Å². The Morgan fingerprint density at radius 3 is 1.96 bits per heavy atom. The highest BCUT2D eigenvalue weighted by Crippen LogP contribution is 2.11. The summed E-state index contributed by atoms with van der Waals surface area (Å²) in [6.45, 7) is 0. The molecule has 10 heteroatoms. The second-order valence-electron chi connectivity index (χ2n) is 6.02. The van der Waals surface area contributed by atoms with E-state index in [2.05, 4.69) is 10.6 Å². The summed E-state index contributed by atoms with van der Waals surface area (Å²) in [6.07, 6.45) is -0.393. The maximum Gasteiger partial charge on any atom is 0.326 e. The zero-order chi connectivity index (χ0) is 20.4. The fourth-order valence-electron chi connectivity index (χ4n) is 2.37. The van der Waals surface area contributed by atoms with Crippen molar-refractivity contribution in [1.82, 2.24) is 10.6 Å². The highest BCUT2D eigenvalue weighted by molar-refractivity contribution is 5.83. The Morgan fingerprint density at radius 2 is 1.44 bits per heavy atom. The van der Waals surface area contributed by atoms with Crippen molar-refractivity contribution in [1.29, 1.82) is 0 Å². The van der Waals surface area contributed by atoms with Gasteiger partial charge in [-0.1, -0.05) is 12.1 Å². The molecule has 0 radical (unpaired) electrons. The van der Waals surface area contributed by atoms with Gasteiger partial charge in [-0.3, -0.25) is 9.59 Å². The lowest BCUT2D eigenvalue weighted by Crippen LogP contribution is -2.49. The molecule has 1 rings (SSSR count). The van der Waals surface area contributed by atoms with Crippen LogP contribution in [-0.4, -0.2) is 51.3 Å². The number of carbonyl (C=O) groups is 4. The van der Waals surface area contributed by atoms with Crippen molar-refractivity contribution in [3.63, 3.8) is 0 Å². The molecule has 0 saturated heterocycles. The van der Waals surface area contributed by atoms with Crippen molar-refractivity contribution in [2.24, 2.45) is 0 Å². The molecule has 1 aromatic rings. The molecular formula is C17H23N3O7. The van der Waals surface area contributed by atoms with Gasteiger partial charge in [-0.15, -0.1) is 0 Å². The highest BCUT2D eigenvalue weighted by atomic mass is 16.4. The van der Waals surface area contributed by atoms with Crippen LogP contribution in [0.15, 0.2) is 24.3 Å². The van der Waals surface area contributed by atoms with Crippen molar-refractivity contribution < 1.29 is 34.5 Å². The molecule has 0 aromatic heterocycles. The maximum atomic E-state index is 12.1. The molecule has 7 N–H and O–H groups in total. The number of aliphatic carboxylic acids is 3. The number of carboxylic acid groups (broad SMARTS) is 3. The predicted octanol–water partition coefficient (Wildman–Crippen LogP) is 0.662. The average Bonchev–Trinajstić information content (AvgIpc) is 2.58. The number of carboxylic acids is 3. The Bertz CT molecular complexity index is 676. The van der Waals surface area contributed by atoms with Gasteiger partial charge in [-0.05, 0) is 37.0 Å². The molecule has 1 aromatic carbocycles. The molecular weight excluding hydrogens is 358 g/mol. The molecule has 0 saturated carbocycles. The fraction of sp³-hybridized carbons (Fsp3) is 0.412. The number of amides is 2. The van der Waals surface area contributed by atoms with Crippen molar-refractivity contribution >= 4 is 29.6 Å². The van der Waals surface area contributed by atoms with Crippen LogP contribution in [0.3, 0.4) is 0 Å². The van der Waals surface area contributed by atoms with E-state index in [0.717, 1.165) is 5.56 Å². The molecule has 0 aliphatic rings. The van der Waals surface area contributed by atoms with Gasteiger partial charge in [0.05, 0.1) is 0 Å². The zero-order valence-corrected chi connectivity index (χ0v) is 14.6. The first-order chi connectivity index (χ1) is 12.7. The lowest BCUT2D eigenvalue weighted by molar-refractivity contribution is -0.140. The normalized spacial score (nSPS) is 12.6. The molecule has 2 amide bonds. The van der Waals surface area contributed by atoms with E-state index in [4.69, 9.17) is 21.1 Å². The first-order valence-electron chi connectivity index (χ1n) is 8.25. The summed E-state index contributed by atoms with van der Waals surface area (Å²) in [5.74, 6) is -3.55. The second kappa shape index (κ2) is 10.6. The third-order valence-corrected chi connectivity index (χ3v) is 3.75. The van der Waals surface area contributed by atoms with Gasteiger partial charge < -0.3 is 31.7 Å². The third-order valence-electron chi connectivity index (χ3n) is 3.75. The van der Waals surface area contributed by atoms with Gasteiger partial charge in [-0.25, -0.2) is 9.59 Å². The molecule has 148 valence electrons. The van der Waals surface area contributed by atoms with E-state index in [1.165, 1.54) is 0 Å². The quantitative estimate of drug-likeness (QED) is 0.302. The molecule has 0 spiro atoms. The van der Waals surface area contributed by atoms with Gasteiger partial charge in [0.15, 0.2) is 0 Å². The number of hydrogen-bond donors (Lipinski definition) is 6. The number of nitrogen functional groups attached to an aromatic ring is 1. The molecule has 27 heavy (non-hydrogen) atoms. The summed E-state index contributed by atoms with van der Waals surface area (Å²) in [5.41, 5.74) is 7.00. The van der Waals surface area contributed by atoms with E-state index in [1.807, 2.05) is 0 Å². The van der Waals surface area contributed by atoms with Crippen molar-refractivity contribution in [2.45, 2.75) is 44.2 Å². The van der Waals surface area contributed by atoms with Gasteiger partial charge in [0.25, 0.3) is 0 Å². The van der Waals surface area contributed by atoms with Crippen molar-refractivity contribution in [3.05, 3.63) is 29.8 Å². The molecule has 0 bridgehead atoms. The Hall–Kier alpha value is -3.30. The van der Waals surface area contributed by atoms with Crippen LogP contribution in [-0.2, 0) is 20.8 Å². The van der Waals surface area contributed by atoms with Crippen LogP contribution in [0.25, 0.3) is 0 Å². The minimum atomic E-state index is -1.36.